The van der Waals surface area contributed by atoms with Crippen molar-refractivity contribution in [2.24, 2.45) is 0 Å². The average molecular weight is 542 g/mol. The third-order valence-corrected chi connectivity index (χ3v) is 8.61. The van der Waals surface area contributed by atoms with E-state index < -0.39 is 22.0 Å². The first-order chi connectivity index (χ1) is 18.0. The molecule has 0 radical (unpaired) electrons. The van der Waals surface area contributed by atoms with Crippen LogP contribution in [-0.2, 0) is 26.2 Å². The van der Waals surface area contributed by atoms with Crippen molar-refractivity contribution in [3.63, 3.8) is 0 Å². The molecular weight excluding hydrogens is 498 g/mol. The molecule has 2 aromatic carbocycles. The van der Waals surface area contributed by atoms with Crippen LogP contribution < -0.4 is 9.62 Å². The van der Waals surface area contributed by atoms with Crippen LogP contribution in [0.15, 0.2) is 48.5 Å². The fourth-order valence-electron chi connectivity index (χ4n) is 5.07. The Balaban J connectivity index is 1.92. The normalized spacial score (nSPS) is 15.2. The Morgan fingerprint density at radius 2 is 1.63 bits per heavy atom. The van der Waals surface area contributed by atoms with Crippen molar-refractivity contribution in [2.45, 2.75) is 90.8 Å². The molecule has 1 aliphatic carbocycles. The van der Waals surface area contributed by atoms with Crippen molar-refractivity contribution in [1.82, 2.24) is 10.2 Å². The molecule has 208 valence electrons. The molecule has 0 aromatic heterocycles. The summed E-state index contributed by atoms with van der Waals surface area (Å²) in [5.41, 5.74) is 3.45. The fraction of sp³-hybridized carbons (Fsp3) is 0.533. The highest BCUT2D eigenvalue weighted by atomic mass is 32.2. The molecule has 38 heavy (non-hydrogen) atoms. The maximum absolute atomic E-state index is 13.9. The third-order valence-electron chi connectivity index (χ3n) is 7.47. The minimum absolute atomic E-state index is 0.118. The summed E-state index contributed by atoms with van der Waals surface area (Å²) in [4.78, 5) is 28.9. The molecule has 7 nitrogen and oxygen atoms in total. The van der Waals surface area contributed by atoms with E-state index in [0.717, 1.165) is 52.9 Å². The Morgan fingerprint density at radius 1 is 1.00 bits per heavy atom. The molecule has 0 spiro atoms. The zero-order valence-electron chi connectivity index (χ0n) is 23.4. The number of rotatable bonds is 11. The Kier molecular flexibility index (Phi) is 10.4. The number of carbonyl (C=O) groups excluding carboxylic acids is 2. The Morgan fingerprint density at radius 3 is 2.18 bits per heavy atom. The van der Waals surface area contributed by atoms with E-state index >= 15 is 0 Å². The van der Waals surface area contributed by atoms with Crippen molar-refractivity contribution >= 4 is 27.5 Å². The molecule has 0 heterocycles. The molecule has 8 heteroatoms. The number of benzene rings is 2. The number of nitrogens with one attached hydrogen (secondary N) is 1. The van der Waals surface area contributed by atoms with Crippen LogP contribution in [0.25, 0.3) is 0 Å². The minimum atomic E-state index is -3.75. The van der Waals surface area contributed by atoms with Gasteiger partial charge in [-0.15, -0.1) is 0 Å². The van der Waals surface area contributed by atoms with Gasteiger partial charge in [-0.3, -0.25) is 13.9 Å². The smallest absolute Gasteiger partial charge is 0.244 e. The standard InChI is InChI=1S/C30H43N3O4S/c1-6-28(30(35)31-26-14-8-7-9-15-26)32(20-25-13-11-10-12-23(25)4)29(34)21-33(38(5,36)37)27-18-16-24(17-19-27)22(2)3/h10-13,16-19,22,26,28H,6-9,14-15,20-21H2,1-5H3,(H,31,35)/t28-/m0/s1. The van der Waals surface area contributed by atoms with Gasteiger partial charge in [0.25, 0.3) is 0 Å². The number of hydrogen-bond acceptors (Lipinski definition) is 4. The Labute approximate surface area is 228 Å². The van der Waals surface area contributed by atoms with Crippen LogP contribution in [0.3, 0.4) is 0 Å². The average Bonchev–Trinajstić information content (AvgIpc) is 2.88. The maximum atomic E-state index is 13.9. The lowest BCUT2D eigenvalue weighted by atomic mass is 9.95. The van der Waals surface area contributed by atoms with Crippen molar-refractivity contribution in [3.8, 4) is 0 Å². The molecule has 0 saturated heterocycles. The van der Waals surface area contributed by atoms with Crippen LogP contribution in [0.2, 0.25) is 0 Å². The second-order valence-electron chi connectivity index (χ2n) is 10.7. The Hall–Kier alpha value is -2.87. The summed E-state index contributed by atoms with van der Waals surface area (Å²) in [6, 6.07) is 14.4. The summed E-state index contributed by atoms with van der Waals surface area (Å²) in [7, 11) is -3.75. The molecule has 1 fully saturated rings. The zero-order chi connectivity index (χ0) is 27.9. The fourth-order valence-corrected chi connectivity index (χ4v) is 5.92. The highest BCUT2D eigenvalue weighted by molar-refractivity contribution is 7.92. The SMILES string of the molecule is CC[C@@H](C(=O)NC1CCCCC1)N(Cc1ccccc1C)C(=O)CN(c1ccc(C(C)C)cc1)S(C)(=O)=O. The van der Waals surface area contributed by atoms with E-state index in [0.29, 0.717) is 18.0 Å². The van der Waals surface area contributed by atoms with E-state index in [2.05, 4.69) is 19.2 Å². The summed E-state index contributed by atoms with van der Waals surface area (Å²) in [6.07, 6.45) is 6.79. The van der Waals surface area contributed by atoms with E-state index in [1.165, 1.54) is 6.42 Å². The molecule has 1 N–H and O–H groups in total. The summed E-state index contributed by atoms with van der Waals surface area (Å²) < 4.78 is 26.8. The first kappa shape index (κ1) is 29.7. The molecule has 1 atom stereocenters. The second kappa shape index (κ2) is 13.3. The van der Waals surface area contributed by atoms with E-state index in [1.807, 2.05) is 50.2 Å². The van der Waals surface area contributed by atoms with E-state index in [4.69, 9.17) is 0 Å². The topological polar surface area (TPSA) is 86.8 Å². The molecule has 3 rings (SSSR count). The van der Waals surface area contributed by atoms with Gasteiger partial charge in [0.05, 0.1) is 11.9 Å². The van der Waals surface area contributed by atoms with Crippen LogP contribution in [-0.4, -0.2) is 50.0 Å². The minimum Gasteiger partial charge on any atom is -0.352 e. The van der Waals surface area contributed by atoms with Gasteiger partial charge in [0.2, 0.25) is 21.8 Å². The van der Waals surface area contributed by atoms with Gasteiger partial charge < -0.3 is 10.2 Å². The van der Waals surface area contributed by atoms with Crippen molar-refractivity contribution in [2.75, 3.05) is 17.1 Å². The highest BCUT2D eigenvalue weighted by Gasteiger charge is 2.33. The molecule has 2 aromatic rings. The van der Waals surface area contributed by atoms with Crippen LogP contribution in [0, 0.1) is 6.92 Å². The number of anilines is 1. The predicted molar refractivity (Wildman–Crippen MR) is 154 cm³/mol. The van der Waals surface area contributed by atoms with E-state index in [-0.39, 0.29) is 25.0 Å². The zero-order valence-corrected chi connectivity index (χ0v) is 24.3. The van der Waals surface area contributed by atoms with E-state index in [1.54, 1.807) is 17.0 Å². The van der Waals surface area contributed by atoms with Gasteiger partial charge in [-0.05, 0) is 60.9 Å². The van der Waals surface area contributed by atoms with Gasteiger partial charge in [-0.2, -0.15) is 0 Å². The molecular formula is C30H43N3O4S. The van der Waals surface area contributed by atoms with Gasteiger partial charge >= 0.3 is 0 Å². The summed E-state index contributed by atoms with van der Waals surface area (Å²) >= 11 is 0. The number of aryl methyl sites for hydroxylation is 1. The molecule has 0 aliphatic heterocycles. The quantitative estimate of drug-likeness (QED) is 0.427. The number of carbonyl (C=O) groups is 2. The summed E-state index contributed by atoms with van der Waals surface area (Å²) in [5, 5.41) is 3.17. The molecule has 2 amide bonds. The lowest BCUT2D eigenvalue weighted by molar-refractivity contribution is -0.140. The summed E-state index contributed by atoms with van der Waals surface area (Å²) in [6.45, 7) is 7.85. The van der Waals surface area contributed by atoms with Crippen LogP contribution in [0.1, 0.15) is 81.9 Å². The van der Waals surface area contributed by atoms with Crippen LogP contribution in [0.4, 0.5) is 5.69 Å². The van der Waals surface area contributed by atoms with Crippen molar-refractivity contribution < 1.29 is 18.0 Å². The second-order valence-corrected chi connectivity index (χ2v) is 12.6. The van der Waals surface area contributed by atoms with Gasteiger partial charge in [0.15, 0.2) is 0 Å². The highest BCUT2D eigenvalue weighted by Crippen LogP contribution is 2.24. The molecule has 0 bridgehead atoms. The van der Waals surface area contributed by atoms with Gasteiger partial charge in [0.1, 0.15) is 12.6 Å². The predicted octanol–water partition coefficient (Wildman–Crippen LogP) is 5.14. The number of amides is 2. The van der Waals surface area contributed by atoms with Crippen LogP contribution in [0.5, 0.6) is 0 Å². The van der Waals surface area contributed by atoms with Gasteiger partial charge in [-0.25, -0.2) is 8.42 Å². The number of hydrogen-bond donors (Lipinski definition) is 1. The monoisotopic (exact) mass is 541 g/mol. The van der Waals surface area contributed by atoms with Gasteiger partial charge in [0, 0.05) is 12.6 Å². The molecule has 1 aliphatic rings. The van der Waals surface area contributed by atoms with E-state index in [9.17, 15) is 18.0 Å². The lowest BCUT2D eigenvalue weighted by Gasteiger charge is -2.34. The largest absolute Gasteiger partial charge is 0.352 e. The lowest BCUT2D eigenvalue weighted by Crippen LogP contribution is -2.54. The van der Waals surface area contributed by atoms with Crippen molar-refractivity contribution in [1.29, 1.82) is 0 Å². The number of nitrogens with zero attached hydrogens (tertiary/aromatic N) is 2. The first-order valence-corrected chi connectivity index (χ1v) is 15.6. The number of sulfonamides is 1. The molecule has 0 unspecified atom stereocenters. The first-order valence-electron chi connectivity index (χ1n) is 13.7. The summed E-state index contributed by atoms with van der Waals surface area (Å²) in [5.74, 6) is -0.277. The maximum Gasteiger partial charge on any atom is 0.244 e. The van der Waals surface area contributed by atoms with Crippen molar-refractivity contribution in [3.05, 3.63) is 65.2 Å². The third kappa shape index (κ3) is 7.82. The Bertz CT molecular complexity index is 1190. The van der Waals surface area contributed by atoms with Gasteiger partial charge in [-0.1, -0.05) is 76.4 Å². The molecule has 1 saturated carbocycles. The van der Waals surface area contributed by atoms with Crippen LogP contribution >= 0.6 is 0 Å².